The van der Waals surface area contributed by atoms with Crippen molar-refractivity contribution in [1.82, 2.24) is 9.80 Å². The van der Waals surface area contributed by atoms with Crippen molar-refractivity contribution in [2.75, 3.05) is 41.4 Å². The molecule has 2 aromatic rings. The Balaban J connectivity index is 1.25. The molecule has 8 rings (SSSR count). The standard InChI is InChI=1S/C34H38N2O5/c1-35-13-11-33-10-9-20(15-27(33)40-31-25(38-3)7-5-21(18-35)29(31)33)23-17-34-12-14-36(2)19-22-6-8-26(39-4)32(30(22)34)41-28(34)16-24(23)37/h5-10,15,17,24,27-28,37H,11-14,16,18-19H2,1-4H3. The summed E-state index contributed by atoms with van der Waals surface area (Å²) in [5, 5.41) is 11.6. The van der Waals surface area contributed by atoms with E-state index in [4.69, 9.17) is 18.9 Å². The molecule has 4 aliphatic heterocycles. The van der Waals surface area contributed by atoms with E-state index in [1.807, 2.05) is 12.1 Å². The second-order valence-electron chi connectivity index (χ2n) is 12.8. The van der Waals surface area contributed by atoms with Crippen molar-refractivity contribution in [2.24, 2.45) is 0 Å². The molecule has 0 radical (unpaired) electrons. The van der Waals surface area contributed by atoms with Gasteiger partial charge in [0.25, 0.3) is 0 Å². The smallest absolute Gasteiger partial charge is 0.166 e. The second kappa shape index (κ2) is 8.87. The van der Waals surface area contributed by atoms with E-state index < -0.39 is 6.10 Å². The van der Waals surface area contributed by atoms with Gasteiger partial charge in [0.05, 0.1) is 31.2 Å². The van der Waals surface area contributed by atoms with Crippen molar-refractivity contribution in [3.63, 3.8) is 0 Å². The van der Waals surface area contributed by atoms with Crippen molar-refractivity contribution in [1.29, 1.82) is 0 Å². The molecule has 6 aliphatic rings. The van der Waals surface area contributed by atoms with Crippen LogP contribution in [0.1, 0.15) is 41.5 Å². The van der Waals surface area contributed by atoms with Crippen LogP contribution < -0.4 is 18.9 Å². The van der Waals surface area contributed by atoms with Gasteiger partial charge in [-0.25, -0.2) is 0 Å². The SMILES string of the molecule is COc1ccc2c3c1OC1C=C(C4=CC56CCN(C)Cc7ccc(OC)c(c75)OC6CC4O)C=CC31CCN(C)C2. The molecule has 0 saturated carbocycles. The maximum Gasteiger partial charge on any atom is 0.166 e. The van der Waals surface area contributed by atoms with E-state index in [2.05, 4.69) is 60.3 Å². The molecule has 5 unspecified atom stereocenters. The number of benzene rings is 2. The molecule has 0 amide bonds. The number of aliphatic hydroxyl groups excluding tert-OH is 1. The third-order valence-corrected chi connectivity index (χ3v) is 10.5. The van der Waals surface area contributed by atoms with Crippen LogP contribution in [-0.4, -0.2) is 74.6 Å². The molecule has 0 fully saturated rings. The summed E-state index contributed by atoms with van der Waals surface area (Å²) in [6.07, 6.45) is 10.7. The topological polar surface area (TPSA) is 63.6 Å². The van der Waals surface area contributed by atoms with Crippen molar-refractivity contribution >= 4 is 0 Å². The first kappa shape index (κ1) is 25.5. The van der Waals surface area contributed by atoms with Gasteiger partial charge in [-0.15, -0.1) is 0 Å². The third kappa shape index (κ3) is 3.43. The average Bonchev–Trinajstić information content (AvgIpc) is 3.38. The van der Waals surface area contributed by atoms with Gasteiger partial charge in [-0.2, -0.15) is 0 Å². The van der Waals surface area contributed by atoms with Crippen molar-refractivity contribution in [2.45, 2.75) is 61.5 Å². The van der Waals surface area contributed by atoms with Gasteiger partial charge in [-0.05, 0) is 80.5 Å². The fraction of sp³-hybridized carbons (Fsp3) is 0.471. The van der Waals surface area contributed by atoms with Gasteiger partial charge in [0.15, 0.2) is 23.0 Å². The number of aliphatic hydroxyl groups is 1. The number of rotatable bonds is 3. The first-order valence-electron chi connectivity index (χ1n) is 14.8. The fourth-order valence-electron chi connectivity index (χ4n) is 8.44. The van der Waals surface area contributed by atoms with Gasteiger partial charge in [0.1, 0.15) is 12.2 Å². The molecule has 1 N–H and O–H groups in total. The molecule has 7 heteroatoms. The number of methoxy groups -OCH3 is 2. The highest BCUT2D eigenvalue weighted by molar-refractivity contribution is 5.66. The first-order chi connectivity index (χ1) is 19.9. The predicted molar refractivity (Wildman–Crippen MR) is 156 cm³/mol. The minimum atomic E-state index is -0.630. The van der Waals surface area contributed by atoms with Crippen LogP contribution in [0.3, 0.4) is 0 Å². The van der Waals surface area contributed by atoms with E-state index in [9.17, 15) is 5.11 Å². The first-order valence-corrected chi connectivity index (χ1v) is 14.8. The van der Waals surface area contributed by atoms with Crippen LogP contribution in [0.4, 0.5) is 0 Å². The van der Waals surface area contributed by atoms with Crippen molar-refractivity contribution in [3.05, 3.63) is 82.0 Å². The Bertz CT molecular complexity index is 1540. The molecule has 214 valence electrons. The third-order valence-electron chi connectivity index (χ3n) is 10.5. The Labute approximate surface area is 241 Å². The number of hydrogen-bond donors (Lipinski definition) is 1. The quantitative estimate of drug-likeness (QED) is 0.609. The molecule has 0 saturated heterocycles. The molecule has 7 nitrogen and oxygen atoms in total. The van der Waals surface area contributed by atoms with E-state index in [1.165, 1.54) is 22.3 Å². The second-order valence-corrected chi connectivity index (χ2v) is 12.8. The number of hydrogen-bond acceptors (Lipinski definition) is 7. The predicted octanol–water partition coefficient (Wildman–Crippen LogP) is 4.26. The number of ether oxygens (including phenoxy) is 4. The van der Waals surface area contributed by atoms with E-state index in [0.29, 0.717) is 6.42 Å². The molecule has 2 aromatic carbocycles. The number of nitrogens with zero attached hydrogens (tertiary/aromatic N) is 2. The fourth-order valence-corrected chi connectivity index (χ4v) is 8.44. The summed E-state index contributed by atoms with van der Waals surface area (Å²) < 4.78 is 24.9. The van der Waals surface area contributed by atoms with Crippen LogP contribution in [0.2, 0.25) is 0 Å². The van der Waals surface area contributed by atoms with Crippen LogP contribution in [0.15, 0.2) is 59.7 Å². The Kier molecular flexibility index (Phi) is 5.51. The number of allylic oxidation sites excluding steroid dienone is 1. The Hall–Kier alpha value is -3.26. The van der Waals surface area contributed by atoms with Crippen LogP contribution in [-0.2, 0) is 23.9 Å². The maximum absolute atomic E-state index is 11.6. The van der Waals surface area contributed by atoms with E-state index in [1.54, 1.807) is 14.2 Å². The largest absolute Gasteiger partial charge is 0.493 e. The van der Waals surface area contributed by atoms with Gasteiger partial charge in [0, 0.05) is 30.6 Å². The molecular formula is C34H38N2O5. The summed E-state index contributed by atoms with van der Waals surface area (Å²) in [7, 11) is 7.78. The van der Waals surface area contributed by atoms with Crippen molar-refractivity contribution < 1.29 is 24.1 Å². The molecule has 5 atom stereocenters. The zero-order valence-electron chi connectivity index (χ0n) is 24.3. The van der Waals surface area contributed by atoms with E-state index >= 15 is 0 Å². The van der Waals surface area contributed by atoms with Crippen LogP contribution in [0, 0.1) is 0 Å². The van der Waals surface area contributed by atoms with Gasteiger partial charge in [0.2, 0.25) is 0 Å². The lowest BCUT2D eigenvalue weighted by molar-refractivity contribution is 0.0766. The van der Waals surface area contributed by atoms with Crippen LogP contribution >= 0.6 is 0 Å². The monoisotopic (exact) mass is 554 g/mol. The highest BCUT2D eigenvalue weighted by Gasteiger charge is 2.55. The summed E-state index contributed by atoms with van der Waals surface area (Å²) in [6, 6.07) is 8.44. The lowest BCUT2D eigenvalue weighted by Gasteiger charge is -2.40. The summed E-state index contributed by atoms with van der Waals surface area (Å²) in [5.41, 5.74) is 6.52. The van der Waals surface area contributed by atoms with E-state index in [0.717, 1.165) is 73.2 Å². The lowest BCUT2D eigenvalue weighted by atomic mass is 9.65. The Morgan fingerprint density at radius 1 is 0.854 bits per heavy atom. The van der Waals surface area contributed by atoms with E-state index in [-0.39, 0.29) is 23.0 Å². The highest BCUT2D eigenvalue weighted by atomic mass is 16.5. The molecular weight excluding hydrogens is 516 g/mol. The Morgan fingerprint density at radius 3 is 2.12 bits per heavy atom. The van der Waals surface area contributed by atoms with Gasteiger partial charge in [-0.1, -0.05) is 30.4 Å². The molecule has 41 heavy (non-hydrogen) atoms. The summed E-state index contributed by atoms with van der Waals surface area (Å²) in [6.45, 7) is 3.69. The maximum atomic E-state index is 11.6. The van der Waals surface area contributed by atoms with Crippen LogP contribution in [0.5, 0.6) is 23.0 Å². The molecule has 4 heterocycles. The van der Waals surface area contributed by atoms with Gasteiger partial charge >= 0.3 is 0 Å². The Morgan fingerprint density at radius 2 is 1.46 bits per heavy atom. The van der Waals surface area contributed by atoms with Crippen LogP contribution in [0.25, 0.3) is 0 Å². The summed E-state index contributed by atoms with van der Waals surface area (Å²) in [5.74, 6) is 3.27. The highest BCUT2D eigenvalue weighted by Crippen LogP contribution is 2.59. The lowest BCUT2D eigenvalue weighted by Crippen LogP contribution is -2.45. The molecule has 0 bridgehead atoms. The normalized spacial score (nSPS) is 33.1. The van der Waals surface area contributed by atoms with Crippen molar-refractivity contribution in [3.8, 4) is 23.0 Å². The molecule has 2 spiro atoms. The minimum Gasteiger partial charge on any atom is -0.493 e. The summed E-state index contributed by atoms with van der Waals surface area (Å²) in [4.78, 5) is 4.77. The molecule has 0 aromatic heterocycles. The zero-order chi connectivity index (χ0) is 28.1. The minimum absolute atomic E-state index is 0.131. The van der Waals surface area contributed by atoms with Gasteiger partial charge in [-0.3, -0.25) is 0 Å². The average molecular weight is 555 g/mol. The van der Waals surface area contributed by atoms with Gasteiger partial charge < -0.3 is 33.9 Å². The summed E-state index contributed by atoms with van der Waals surface area (Å²) >= 11 is 0. The molecule has 2 aliphatic carbocycles. The zero-order valence-corrected chi connectivity index (χ0v) is 24.3.